The number of amides is 4. The molecule has 4 amide bonds. The fourth-order valence-corrected chi connectivity index (χ4v) is 13.6. The Morgan fingerprint density at radius 1 is 0.456 bits per heavy atom. The smallest absolute Gasteiger partial charge is 0.267 e. The van der Waals surface area contributed by atoms with Crippen LogP contribution in [0, 0.1) is 56.3 Å². The van der Waals surface area contributed by atoms with Crippen molar-refractivity contribution >= 4 is 73.3 Å². The Labute approximate surface area is 650 Å². The number of benzene rings is 6. The average Bonchev–Trinajstić information content (AvgIpc) is 1.16. The Bertz CT molecular complexity index is 6680. The molecule has 0 aliphatic carbocycles. The molecule has 9 aromatic heterocycles. The third-order valence-corrected chi connectivity index (χ3v) is 18.8. The summed E-state index contributed by atoms with van der Waals surface area (Å²) >= 11 is 0. The molecule has 0 spiro atoms. The summed E-state index contributed by atoms with van der Waals surface area (Å²) < 4.78 is 14.2. The number of para-hydroxylation sites is 3. The summed E-state index contributed by atoms with van der Waals surface area (Å²) in [7, 11) is 1.56. The molecule has 4 N–H and O–H groups in total. The molecule has 16 rings (SSSR count). The number of aliphatic hydroxyl groups excluding tert-OH is 1. The number of rotatable bonds is 14. The molecular weight excluding hydrogens is 1440 g/mol. The molecule has 10 heterocycles. The van der Waals surface area contributed by atoms with E-state index in [4.69, 9.17) is 24.8 Å². The number of carbonyl (C=O) groups excluding carboxylic acids is 4. The second-order valence-electron chi connectivity index (χ2n) is 26.5. The molecule has 6 aromatic carbocycles. The minimum Gasteiger partial charge on any atom is -0.384 e. The van der Waals surface area contributed by atoms with Crippen LogP contribution in [0.1, 0.15) is 134 Å². The lowest BCUT2D eigenvalue weighted by Crippen LogP contribution is -2.33. The molecule has 28 heteroatoms. The third kappa shape index (κ3) is 15.4. The van der Waals surface area contributed by atoms with E-state index in [0.717, 1.165) is 6.42 Å². The molecule has 3 atom stereocenters. The second-order valence-corrected chi connectivity index (χ2v) is 26.5. The molecule has 1 saturated heterocycles. The molecule has 1 aliphatic rings. The van der Waals surface area contributed by atoms with E-state index in [1.54, 1.807) is 189 Å². The molecule has 566 valence electrons. The summed E-state index contributed by atoms with van der Waals surface area (Å²) in [5, 5.41) is 32.3. The van der Waals surface area contributed by atoms with E-state index in [0.29, 0.717) is 154 Å². The number of nitrogens with one attached hydrogen (secondary N) is 3. The zero-order valence-corrected chi connectivity index (χ0v) is 62.9. The number of aliphatic hydroxyl groups is 1. The number of hydrogen-bond acceptors (Lipinski definition) is 18. The van der Waals surface area contributed by atoms with Gasteiger partial charge in [0.25, 0.3) is 34.4 Å². The summed E-state index contributed by atoms with van der Waals surface area (Å²) in [5.74, 6) is 17.7. The predicted octanol–water partition coefficient (Wildman–Crippen LogP) is 9.00. The number of ether oxygens (including phenoxy) is 1. The lowest BCUT2D eigenvalue weighted by Gasteiger charge is -2.20. The predicted molar refractivity (Wildman–Crippen MR) is 428 cm³/mol. The second kappa shape index (κ2) is 33.5. The van der Waals surface area contributed by atoms with Crippen LogP contribution in [0.4, 0.5) is 0 Å². The van der Waals surface area contributed by atoms with Crippen LogP contribution in [-0.2, 0) is 9.53 Å². The number of nitrogens with zero attached hydrogens (tertiary/aromatic N) is 16. The van der Waals surface area contributed by atoms with Crippen molar-refractivity contribution in [2.75, 3.05) is 33.4 Å². The molecule has 0 bridgehead atoms. The van der Waals surface area contributed by atoms with Gasteiger partial charge < -0.3 is 30.7 Å². The number of fused-ring (bicyclic) bond motifs is 6. The molecule has 0 radical (unpaired) electrons. The molecule has 0 saturated carbocycles. The fraction of sp³-hybridized carbons (Fsp3) is 0.186. The maximum Gasteiger partial charge on any atom is 0.267 e. The van der Waals surface area contributed by atoms with Crippen molar-refractivity contribution in [3.8, 4) is 52.6 Å². The minimum absolute atomic E-state index is 0.0982. The number of likely N-dealkylation sites (tertiary alicyclic amines) is 1. The lowest BCUT2D eigenvalue weighted by atomic mass is 10.1. The van der Waals surface area contributed by atoms with Crippen LogP contribution in [0.25, 0.3) is 66.7 Å². The van der Waals surface area contributed by atoms with E-state index in [1.165, 1.54) is 13.7 Å². The number of methoxy groups -OCH3 is 1. The fourth-order valence-electron chi connectivity index (χ4n) is 13.6. The van der Waals surface area contributed by atoms with Gasteiger partial charge in [-0.1, -0.05) is 108 Å². The van der Waals surface area contributed by atoms with Crippen LogP contribution in [0.3, 0.4) is 0 Å². The highest BCUT2D eigenvalue weighted by molar-refractivity contribution is 6.03. The van der Waals surface area contributed by atoms with Crippen molar-refractivity contribution in [1.82, 2.24) is 93.3 Å². The summed E-state index contributed by atoms with van der Waals surface area (Å²) in [6, 6.07) is 46.7. The topological polar surface area (TPSA) is 332 Å². The first-order valence-electron chi connectivity index (χ1n) is 36.4. The van der Waals surface area contributed by atoms with Gasteiger partial charge in [0.2, 0.25) is 5.91 Å². The van der Waals surface area contributed by atoms with Gasteiger partial charge in [0, 0.05) is 73.9 Å². The first kappa shape index (κ1) is 75.9. The van der Waals surface area contributed by atoms with E-state index in [9.17, 15) is 33.6 Å². The van der Waals surface area contributed by atoms with Crippen molar-refractivity contribution in [2.45, 2.75) is 72.5 Å². The van der Waals surface area contributed by atoms with Crippen molar-refractivity contribution in [3.63, 3.8) is 0 Å². The molecule has 28 nitrogen and oxygen atoms in total. The Morgan fingerprint density at radius 2 is 0.798 bits per heavy atom. The minimum atomic E-state index is -0.645. The molecule has 15 aromatic rings. The van der Waals surface area contributed by atoms with Crippen molar-refractivity contribution < 1.29 is 29.0 Å². The highest BCUT2D eigenvalue weighted by Gasteiger charge is 2.29. The average molecular weight is 1520 g/mol. The Balaban J connectivity index is 0.000000142. The van der Waals surface area contributed by atoms with E-state index in [2.05, 4.69) is 81.7 Å². The molecule has 1 aliphatic heterocycles. The number of hydrogen-bond donors (Lipinski definition) is 4. The Morgan fingerprint density at radius 3 is 1.12 bits per heavy atom. The third-order valence-electron chi connectivity index (χ3n) is 18.8. The van der Waals surface area contributed by atoms with Crippen LogP contribution in [0.2, 0.25) is 0 Å². The maximum atomic E-state index is 14.1. The van der Waals surface area contributed by atoms with Crippen LogP contribution >= 0.6 is 0 Å². The highest BCUT2D eigenvalue weighted by Crippen LogP contribution is 2.27. The first-order chi connectivity index (χ1) is 55.4. The van der Waals surface area contributed by atoms with Gasteiger partial charge in [-0.05, 0) is 139 Å². The molecule has 1 fully saturated rings. The summed E-state index contributed by atoms with van der Waals surface area (Å²) in [4.78, 5) is 123. The quantitative estimate of drug-likeness (QED) is 0.0737. The SMILES string of the molecule is COCC#Cc1cccc2nc([C@H](C)NC(=O)c3c(C)nn4cccnc34)n(-c3ccccc3)c(=O)c12.Cc1nn2cccnc2c1C(=O)N[C@@H](C)c1nc2cccc(C#CCN3CCCC3=O)c2c(=O)n1-c1ccccc1.Cc1nn2cccnc2c1C(=O)N[C@@H](C)c1nc2cccc(C#CCO)c2c(=O)n1-c1ccccc1. The van der Waals surface area contributed by atoms with Gasteiger partial charge >= 0.3 is 0 Å². The van der Waals surface area contributed by atoms with E-state index >= 15 is 0 Å². The number of carbonyl (C=O) groups is 4. The van der Waals surface area contributed by atoms with Gasteiger partial charge in [-0.3, -0.25) is 47.3 Å². The van der Waals surface area contributed by atoms with E-state index < -0.39 is 18.1 Å². The van der Waals surface area contributed by atoms with Crippen LogP contribution in [0.5, 0.6) is 0 Å². The molecule has 114 heavy (non-hydrogen) atoms. The summed E-state index contributed by atoms with van der Waals surface area (Å²) in [6.07, 6.45) is 11.4. The van der Waals surface area contributed by atoms with Crippen LogP contribution in [0.15, 0.2) is 215 Å². The van der Waals surface area contributed by atoms with E-state index in [-0.39, 0.29) is 53.5 Å². The largest absolute Gasteiger partial charge is 0.384 e. The number of aromatic nitrogens is 15. The van der Waals surface area contributed by atoms with Crippen LogP contribution in [-0.4, -0.2) is 139 Å². The van der Waals surface area contributed by atoms with Gasteiger partial charge in [-0.2, -0.15) is 15.3 Å². The monoisotopic (exact) mass is 1520 g/mol. The molecule has 0 unspecified atom stereocenters. The van der Waals surface area contributed by atoms with E-state index in [1.807, 2.05) is 78.9 Å². The van der Waals surface area contributed by atoms with Gasteiger partial charge in [0.05, 0.1) is 91.5 Å². The van der Waals surface area contributed by atoms with Gasteiger partial charge in [-0.25, -0.2) is 43.5 Å². The van der Waals surface area contributed by atoms with Crippen molar-refractivity contribution in [3.05, 3.63) is 300 Å². The summed E-state index contributed by atoms with van der Waals surface area (Å²) in [5.41, 5.74) is 8.00. The normalized spacial score (nSPS) is 12.5. The van der Waals surface area contributed by atoms with Gasteiger partial charge in [0.1, 0.15) is 47.4 Å². The lowest BCUT2D eigenvalue weighted by molar-refractivity contribution is -0.127. The summed E-state index contributed by atoms with van der Waals surface area (Å²) in [6.45, 7) is 11.5. The molecular formula is C86H73N19O9. The Hall–Kier alpha value is -14.9. The zero-order valence-electron chi connectivity index (χ0n) is 62.9. The van der Waals surface area contributed by atoms with Gasteiger partial charge in [-0.15, -0.1) is 0 Å². The van der Waals surface area contributed by atoms with Crippen molar-refractivity contribution in [1.29, 1.82) is 0 Å². The zero-order chi connectivity index (χ0) is 79.7. The van der Waals surface area contributed by atoms with Crippen molar-refractivity contribution in [2.24, 2.45) is 0 Å². The number of aryl methyl sites for hydroxylation is 3. The first-order valence-corrected chi connectivity index (χ1v) is 36.4. The standard InChI is InChI=1S/C31H27N7O3.C28H24N6O3.C27H22N6O3/c1-20-26(29-32-16-9-19-37(29)35-20)30(40)33-21(2)28-34-24-14-6-10-22(11-7-17-36-18-8-15-25(36)39)27(24)31(41)38(28)23-12-4-3-5-13-23;1-18-23(26-29-15-9-16-33(26)32-18)27(35)30-19(2)25-31-22-14-7-10-20(11-8-17-37-3)24(22)28(36)34(25)21-12-5-4-6-13-21;1-17-22(25-28-14-8-15-32(25)31-17)26(35)29-18(2)24-30-21-13-6-9-19(10-7-16-34)23(21)27(36)33(24)20-11-4-3-5-12-20/h3-6,9-10,12-14,16,19,21H,8,15,17-18H2,1-2H3,(H,33,40);4-7,9-10,12-16,19H,17H2,1-3H3,(H,30,35);3-6,8-9,11-15,18,34H,16H2,1-2H3,(H,29,35)/t21-;19-;18-/m000/s1. The van der Waals surface area contributed by atoms with Crippen LogP contribution < -0.4 is 32.6 Å². The Kier molecular flexibility index (Phi) is 22.3. The highest BCUT2D eigenvalue weighted by atomic mass is 16.5. The maximum absolute atomic E-state index is 14.1. The van der Waals surface area contributed by atoms with Gasteiger partial charge in [0.15, 0.2) is 16.9 Å².